The SMILES string of the molecule is CCOC(=O)CCc1ccc(COc2cc(N3CCC4(CC3)CNC(=C(O)O)C4)nc(N)n2)c(-n2ccc(C)n2)c1. The van der Waals surface area contributed by atoms with Crippen LogP contribution in [0.2, 0.25) is 0 Å². The number of aryl methyl sites for hydroxylation is 2. The first-order chi connectivity index (χ1) is 19.7. The van der Waals surface area contributed by atoms with Crippen LogP contribution in [0.15, 0.2) is 48.2 Å². The molecule has 41 heavy (non-hydrogen) atoms. The van der Waals surface area contributed by atoms with Gasteiger partial charge in [0.1, 0.15) is 12.4 Å². The molecule has 12 nitrogen and oxygen atoms in total. The molecule has 0 aliphatic carbocycles. The van der Waals surface area contributed by atoms with E-state index < -0.39 is 5.95 Å². The van der Waals surface area contributed by atoms with Crippen LogP contribution in [-0.4, -0.2) is 62.2 Å². The van der Waals surface area contributed by atoms with E-state index in [-0.39, 0.29) is 23.9 Å². The Balaban J connectivity index is 1.28. The smallest absolute Gasteiger partial charge is 0.306 e. The third-order valence-electron chi connectivity index (χ3n) is 7.77. The summed E-state index contributed by atoms with van der Waals surface area (Å²) in [7, 11) is 0. The minimum atomic E-state index is -0.619. The lowest BCUT2D eigenvalue weighted by molar-refractivity contribution is -0.143. The van der Waals surface area contributed by atoms with Gasteiger partial charge in [-0.2, -0.15) is 15.1 Å². The summed E-state index contributed by atoms with van der Waals surface area (Å²) in [6.45, 7) is 6.57. The Labute approximate surface area is 238 Å². The minimum Gasteiger partial charge on any atom is -0.480 e. The number of hydrogen-bond donors (Lipinski definition) is 4. The van der Waals surface area contributed by atoms with Gasteiger partial charge >= 0.3 is 5.97 Å². The van der Waals surface area contributed by atoms with E-state index in [1.165, 1.54) is 0 Å². The third-order valence-corrected chi connectivity index (χ3v) is 7.77. The molecule has 3 aromatic rings. The van der Waals surface area contributed by atoms with Gasteiger partial charge in [0.2, 0.25) is 11.8 Å². The summed E-state index contributed by atoms with van der Waals surface area (Å²) in [5.41, 5.74) is 10.2. The number of piperidine rings is 1. The van der Waals surface area contributed by atoms with E-state index in [4.69, 9.17) is 15.2 Å². The van der Waals surface area contributed by atoms with Gasteiger partial charge in [-0.3, -0.25) is 4.79 Å². The van der Waals surface area contributed by atoms with Crippen LogP contribution in [-0.2, 0) is 22.6 Å². The predicted octanol–water partition coefficient (Wildman–Crippen LogP) is 3.49. The number of hydrogen-bond acceptors (Lipinski definition) is 11. The van der Waals surface area contributed by atoms with Crippen molar-refractivity contribution in [3.63, 3.8) is 0 Å². The van der Waals surface area contributed by atoms with Crippen molar-refractivity contribution in [3.05, 3.63) is 65.0 Å². The van der Waals surface area contributed by atoms with E-state index in [1.807, 2.05) is 37.4 Å². The van der Waals surface area contributed by atoms with Crippen LogP contribution in [0.5, 0.6) is 5.88 Å². The fraction of sp³-hybridized carbons (Fsp3) is 0.448. The number of carbonyl (C=O) groups is 1. The topological polar surface area (TPSA) is 161 Å². The highest BCUT2D eigenvalue weighted by Gasteiger charge is 2.41. The number of aromatic nitrogens is 4. The summed E-state index contributed by atoms with van der Waals surface area (Å²) >= 11 is 0. The van der Waals surface area contributed by atoms with Crippen LogP contribution in [0, 0.1) is 12.3 Å². The van der Waals surface area contributed by atoms with Crippen molar-refractivity contribution in [1.29, 1.82) is 0 Å². The van der Waals surface area contributed by atoms with Gasteiger partial charge in [-0.05, 0) is 56.2 Å². The van der Waals surface area contributed by atoms with E-state index in [9.17, 15) is 15.0 Å². The van der Waals surface area contributed by atoms with Gasteiger partial charge in [0.15, 0.2) is 0 Å². The molecule has 2 aliphatic rings. The molecule has 2 aromatic heterocycles. The molecule has 0 atom stereocenters. The van der Waals surface area contributed by atoms with Crippen molar-refractivity contribution >= 4 is 17.7 Å². The monoisotopic (exact) mass is 563 g/mol. The van der Waals surface area contributed by atoms with E-state index in [0.717, 1.165) is 55.0 Å². The number of nitrogens with two attached hydrogens (primary N) is 1. The van der Waals surface area contributed by atoms with Crippen molar-refractivity contribution < 1.29 is 24.5 Å². The molecular formula is C29H37N7O5. The summed E-state index contributed by atoms with van der Waals surface area (Å²) in [5, 5.41) is 26.6. The van der Waals surface area contributed by atoms with Crippen LogP contribution in [0.3, 0.4) is 0 Å². The molecule has 5 N–H and O–H groups in total. The van der Waals surface area contributed by atoms with Crippen LogP contribution in [0.1, 0.15) is 49.4 Å². The van der Waals surface area contributed by atoms with Crippen LogP contribution < -0.4 is 20.7 Å². The van der Waals surface area contributed by atoms with Gasteiger partial charge < -0.3 is 35.6 Å². The quantitative estimate of drug-likeness (QED) is 0.223. The van der Waals surface area contributed by atoms with Crippen LogP contribution in [0.25, 0.3) is 5.69 Å². The summed E-state index contributed by atoms with van der Waals surface area (Å²) < 4.78 is 13.0. The summed E-state index contributed by atoms with van der Waals surface area (Å²) in [4.78, 5) is 22.8. The maximum absolute atomic E-state index is 11.9. The molecule has 5 rings (SSSR count). The van der Waals surface area contributed by atoms with Gasteiger partial charge in [-0.25, -0.2) is 4.68 Å². The number of nitrogen functional groups attached to an aromatic ring is 1. The molecular weight excluding hydrogens is 526 g/mol. The molecule has 1 spiro atoms. The number of nitrogens with one attached hydrogen (secondary N) is 1. The summed E-state index contributed by atoms with van der Waals surface area (Å²) in [5.74, 6) is 0.370. The molecule has 2 saturated heterocycles. The molecule has 0 unspecified atom stereocenters. The molecule has 4 heterocycles. The molecule has 0 saturated carbocycles. The predicted molar refractivity (Wildman–Crippen MR) is 153 cm³/mol. The number of esters is 1. The van der Waals surface area contributed by atoms with Gasteiger partial charge in [-0.15, -0.1) is 0 Å². The standard InChI is InChI=1S/C29H37N7O5/c1-3-40-26(37)7-5-20-4-6-21(23(14-20)36-11-8-19(2)34-36)17-41-25-15-24(32-28(30)33-25)35-12-9-29(10-13-35)16-22(27(38)39)31-18-29/h4,6,8,11,14-15,31,38-39H,3,5,7,9-10,12-13,16-18H2,1-2H3,(H2,30,32,33). The zero-order valence-corrected chi connectivity index (χ0v) is 23.5. The summed E-state index contributed by atoms with van der Waals surface area (Å²) in [6.07, 6.45) is 5.15. The number of ether oxygens (including phenoxy) is 2. The first kappa shape index (κ1) is 28.1. The third kappa shape index (κ3) is 6.64. The van der Waals surface area contributed by atoms with Crippen molar-refractivity contribution in [2.75, 3.05) is 36.9 Å². The lowest BCUT2D eigenvalue weighted by Crippen LogP contribution is -2.41. The zero-order valence-electron chi connectivity index (χ0n) is 23.5. The molecule has 2 aliphatic heterocycles. The van der Waals surface area contributed by atoms with Crippen LogP contribution in [0.4, 0.5) is 11.8 Å². The number of rotatable bonds is 9. The fourth-order valence-corrected chi connectivity index (χ4v) is 5.46. The number of aliphatic hydroxyl groups excluding tert-OH is 1. The van der Waals surface area contributed by atoms with Crippen molar-refractivity contribution in [1.82, 2.24) is 25.1 Å². The Morgan fingerprint density at radius 1 is 1.17 bits per heavy atom. The second-order valence-electron chi connectivity index (χ2n) is 10.7. The van der Waals surface area contributed by atoms with Gasteiger partial charge in [0.25, 0.3) is 5.95 Å². The Bertz CT molecular complexity index is 1420. The number of aliphatic hydroxyl groups is 2. The molecule has 0 radical (unpaired) electrons. The van der Waals surface area contributed by atoms with Crippen molar-refractivity contribution in [2.24, 2.45) is 5.41 Å². The first-order valence-corrected chi connectivity index (χ1v) is 13.9. The van der Waals surface area contributed by atoms with Crippen molar-refractivity contribution in [3.8, 4) is 11.6 Å². The second kappa shape index (κ2) is 11.9. The number of benzene rings is 1. The Hall–Kier alpha value is -4.48. The lowest BCUT2D eigenvalue weighted by Gasteiger charge is -2.39. The number of nitrogens with zero attached hydrogens (tertiary/aromatic N) is 5. The largest absolute Gasteiger partial charge is 0.480 e. The van der Waals surface area contributed by atoms with E-state index in [0.29, 0.717) is 43.3 Å². The van der Waals surface area contributed by atoms with Gasteiger partial charge in [0.05, 0.1) is 23.7 Å². The Morgan fingerprint density at radius 3 is 2.66 bits per heavy atom. The zero-order chi connectivity index (χ0) is 29.0. The maximum Gasteiger partial charge on any atom is 0.306 e. The normalized spacial score (nSPS) is 16.0. The average molecular weight is 564 g/mol. The molecule has 12 heteroatoms. The molecule has 0 amide bonds. The van der Waals surface area contributed by atoms with Crippen molar-refractivity contribution in [2.45, 2.75) is 52.6 Å². The van der Waals surface area contributed by atoms with E-state index >= 15 is 0 Å². The summed E-state index contributed by atoms with van der Waals surface area (Å²) in [6, 6.07) is 9.71. The first-order valence-electron chi connectivity index (χ1n) is 13.9. The number of allylic oxidation sites excluding steroid dienone is 1. The highest BCUT2D eigenvalue weighted by molar-refractivity contribution is 5.69. The van der Waals surface area contributed by atoms with Crippen LogP contribution >= 0.6 is 0 Å². The highest BCUT2D eigenvalue weighted by Crippen LogP contribution is 2.42. The maximum atomic E-state index is 11.9. The highest BCUT2D eigenvalue weighted by atomic mass is 16.5. The molecule has 2 fully saturated rings. The van der Waals surface area contributed by atoms with Gasteiger partial charge in [0, 0.05) is 50.3 Å². The average Bonchev–Trinajstić information content (AvgIpc) is 3.58. The Morgan fingerprint density at radius 2 is 1.98 bits per heavy atom. The second-order valence-corrected chi connectivity index (χ2v) is 10.7. The Kier molecular flexibility index (Phi) is 8.18. The minimum absolute atomic E-state index is 0.00415. The van der Waals surface area contributed by atoms with Gasteiger partial charge in [-0.1, -0.05) is 12.1 Å². The lowest BCUT2D eigenvalue weighted by atomic mass is 9.77. The molecule has 218 valence electrons. The molecule has 1 aromatic carbocycles. The number of carbonyl (C=O) groups excluding carboxylic acids is 1. The molecule has 0 bridgehead atoms. The number of anilines is 2. The van der Waals surface area contributed by atoms with E-state index in [2.05, 4.69) is 25.3 Å². The fourth-order valence-electron chi connectivity index (χ4n) is 5.46. The van der Waals surface area contributed by atoms with E-state index in [1.54, 1.807) is 17.7 Å².